The molecule has 1 aliphatic heterocycles. The molecule has 0 radical (unpaired) electrons. The Balaban J connectivity index is 1.79. The number of amides is 1. The summed E-state index contributed by atoms with van der Waals surface area (Å²) in [5, 5.41) is 11.6. The number of aliphatic hydroxyl groups is 1. The van der Waals surface area contributed by atoms with Gasteiger partial charge in [-0.15, -0.1) is 0 Å². The SMILES string of the molecule is O=C(CN1CCC(CCO)C1)Nc1cccc(F)c1. The Morgan fingerprint density at radius 2 is 2.37 bits per heavy atom. The van der Waals surface area contributed by atoms with Crippen LogP contribution >= 0.6 is 0 Å². The lowest BCUT2D eigenvalue weighted by Gasteiger charge is -2.15. The fourth-order valence-corrected chi connectivity index (χ4v) is 2.44. The molecule has 4 nitrogen and oxygen atoms in total. The van der Waals surface area contributed by atoms with Crippen LogP contribution in [0.3, 0.4) is 0 Å². The van der Waals surface area contributed by atoms with Gasteiger partial charge in [0.25, 0.3) is 0 Å². The van der Waals surface area contributed by atoms with E-state index in [-0.39, 0.29) is 18.3 Å². The van der Waals surface area contributed by atoms with Crippen molar-refractivity contribution in [1.29, 1.82) is 0 Å². The molecular weight excluding hydrogens is 247 g/mol. The van der Waals surface area contributed by atoms with Gasteiger partial charge in [0.2, 0.25) is 5.91 Å². The van der Waals surface area contributed by atoms with Crippen molar-refractivity contribution in [2.45, 2.75) is 12.8 Å². The van der Waals surface area contributed by atoms with E-state index in [0.29, 0.717) is 18.2 Å². The lowest BCUT2D eigenvalue weighted by Crippen LogP contribution is -2.31. The van der Waals surface area contributed by atoms with E-state index in [2.05, 4.69) is 10.2 Å². The van der Waals surface area contributed by atoms with Crippen LogP contribution in [0.1, 0.15) is 12.8 Å². The van der Waals surface area contributed by atoms with Crippen molar-refractivity contribution in [1.82, 2.24) is 4.90 Å². The zero-order valence-electron chi connectivity index (χ0n) is 10.8. The van der Waals surface area contributed by atoms with Crippen molar-refractivity contribution in [3.05, 3.63) is 30.1 Å². The van der Waals surface area contributed by atoms with E-state index < -0.39 is 0 Å². The molecule has 1 fully saturated rings. The van der Waals surface area contributed by atoms with Gasteiger partial charge >= 0.3 is 0 Å². The number of aliphatic hydroxyl groups excluding tert-OH is 1. The van der Waals surface area contributed by atoms with Crippen molar-refractivity contribution in [2.24, 2.45) is 5.92 Å². The predicted octanol–water partition coefficient (Wildman–Crippen LogP) is 1.47. The van der Waals surface area contributed by atoms with Gasteiger partial charge in [-0.25, -0.2) is 4.39 Å². The number of anilines is 1. The third kappa shape index (κ3) is 4.29. The van der Waals surface area contributed by atoms with E-state index in [9.17, 15) is 9.18 Å². The van der Waals surface area contributed by atoms with Crippen molar-refractivity contribution < 1.29 is 14.3 Å². The summed E-state index contributed by atoms with van der Waals surface area (Å²) in [4.78, 5) is 13.9. The van der Waals surface area contributed by atoms with Crippen LogP contribution < -0.4 is 5.32 Å². The van der Waals surface area contributed by atoms with E-state index in [1.165, 1.54) is 12.1 Å². The zero-order valence-corrected chi connectivity index (χ0v) is 10.8. The maximum atomic E-state index is 13.0. The van der Waals surface area contributed by atoms with Crippen LogP contribution in [-0.4, -0.2) is 42.2 Å². The number of benzene rings is 1. The summed E-state index contributed by atoms with van der Waals surface area (Å²) in [6.07, 6.45) is 1.82. The first-order valence-electron chi connectivity index (χ1n) is 6.56. The van der Waals surface area contributed by atoms with E-state index in [4.69, 9.17) is 5.11 Å². The van der Waals surface area contributed by atoms with Gasteiger partial charge in [0, 0.05) is 18.8 Å². The maximum absolute atomic E-state index is 13.0. The highest BCUT2D eigenvalue weighted by Crippen LogP contribution is 2.18. The molecule has 5 heteroatoms. The third-order valence-electron chi connectivity index (χ3n) is 3.38. The van der Waals surface area contributed by atoms with Gasteiger partial charge in [0.05, 0.1) is 6.54 Å². The first-order valence-corrected chi connectivity index (χ1v) is 6.56. The smallest absolute Gasteiger partial charge is 0.238 e. The largest absolute Gasteiger partial charge is 0.396 e. The van der Waals surface area contributed by atoms with E-state index in [1.807, 2.05) is 0 Å². The zero-order chi connectivity index (χ0) is 13.7. The number of halogens is 1. The number of likely N-dealkylation sites (tertiary alicyclic amines) is 1. The molecule has 0 aliphatic carbocycles. The Bertz CT molecular complexity index is 439. The molecule has 2 rings (SSSR count). The summed E-state index contributed by atoms with van der Waals surface area (Å²) in [5.41, 5.74) is 0.483. The third-order valence-corrected chi connectivity index (χ3v) is 3.38. The van der Waals surface area contributed by atoms with E-state index >= 15 is 0 Å². The number of hydrogen-bond donors (Lipinski definition) is 2. The molecular formula is C14H19FN2O2. The maximum Gasteiger partial charge on any atom is 0.238 e. The molecule has 1 unspecified atom stereocenters. The Morgan fingerprint density at radius 1 is 1.53 bits per heavy atom. The number of nitrogens with one attached hydrogen (secondary N) is 1. The van der Waals surface area contributed by atoms with Crippen LogP contribution in [0.2, 0.25) is 0 Å². The first-order chi connectivity index (χ1) is 9.17. The summed E-state index contributed by atoms with van der Waals surface area (Å²) in [7, 11) is 0. The monoisotopic (exact) mass is 266 g/mol. The van der Waals surface area contributed by atoms with Crippen molar-refractivity contribution in [3.63, 3.8) is 0 Å². The molecule has 1 atom stereocenters. The van der Waals surface area contributed by atoms with Crippen LogP contribution in [0, 0.1) is 11.7 Å². The second-order valence-electron chi connectivity index (χ2n) is 4.96. The molecule has 1 heterocycles. The molecule has 1 aromatic carbocycles. The summed E-state index contributed by atoms with van der Waals surface area (Å²) in [6.45, 7) is 2.24. The fourth-order valence-electron chi connectivity index (χ4n) is 2.44. The minimum absolute atomic E-state index is 0.129. The van der Waals surface area contributed by atoms with Crippen molar-refractivity contribution >= 4 is 11.6 Å². The topological polar surface area (TPSA) is 52.6 Å². The highest BCUT2D eigenvalue weighted by molar-refractivity contribution is 5.92. The van der Waals surface area contributed by atoms with Gasteiger partial charge in [0.15, 0.2) is 0 Å². The Kier molecular flexibility index (Phi) is 4.87. The van der Waals surface area contributed by atoms with Crippen LogP contribution in [0.5, 0.6) is 0 Å². The quantitative estimate of drug-likeness (QED) is 0.848. The number of carbonyl (C=O) groups is 1. The Morgan fingerprint density at radius 3 is 3.11 bits per heavy atom. The van der Waals surface area contributed by atoms with Crippen LogP contribution in [-0.2, 0) is 4.79 Å². The lowest BCUT2D eigenvalue weighted by atomic mass is 10.1. The molecule has 1 aliphatic rings. The van der Waals surface area contributed by atoms with Gasteiger partial charge in [-0.1, -0.05) is 6.07 Å². The fraction of sp³-hybridized carbons (Fsp3) is 0.500. The van der Waals surface area contributed by atoms with Crippen LogP contribution in [0.25, 0.3) is 0 Å². The predicted molar refractivity (Wildman–Crippen MR) is 71.3 cm³/mol. The van der Waals surface area contributed by atoms with Crippen molar-refractivity contribution in [3.8, 4) is 0 Å². The molecule has 0 spiro atoms. The van der Waals surface area contributed by atoms with Crippen molar-refractivity contribution in [2.75, 3.05) is 31.6 Å². The summed E-state index contributed by atoms with van der Waals surface area (Å²) in [6, 6.07) is 5.88. The molecule has 1 amide bonds. The second-order valence-corrected chi connectivity index (χ2v) is 4.96. The van der Waals surface area contributed by atoms with Crippen LogP contribution in [0.15, 0.2) is 24.3 Å². The first kappa shape index (κ1) is 14.0. The normalized spacial score (nSPS) is 19.6. The number of carbonyl (C=O) groups excluding carboxylic acids is 1. The Labute approximate surface area is 112 Å². The van der Waals surface area contributed by atoms with Crippen LogP contribution in [0.4, 0.5) is 10.1 Å². The van der Waals surface area contributed by atoms with Gasteiger partial charge in [-0.3, -0.25) is 9.69 Å². The summed E-state index contributed by atoms with van der Waals surface area (Å²) >= 11 is 0. The number of rotatable bonds is 5. The molecule has 0 bridgehead atoms. The Hall–Kier alpha value is -1.46. The van der Waals surface area contributed by atoms with Gasteiger partial charge in [-0.05, 0) is 43.5 Å². The molecule has 104 valence electrons. The van der Waals surface area contributed by atoms with E-state index in [1.54, 1.807) is 12.1 Å². The van der Waals surface area contributed by atoms with Gasteiger partial charge < -0.3 is 10.4 Å². The number of nitrogens with zero attached hydrogens (tertiary/aromatic N) is 1. The molecule has 19 heavy (non-hydrogen) atoms. The minimum Gasteiger partial charge on any atom is -0.396 e. The molecule has 0 aromatic heterocycles. The average molecular weight is 266 g/mol. The molecule has 1 aromatic rings. The minimum atomic E-state index is -0.359. The van der Waals surface area contributed by atoms with E-state index in [0.717, 1.165) is 25.9 Å². The van der Waals surface area contributed by atoms with Gasteiger partial charge in [-0.2, -0.15) is 0 Å². The highest BCUT2D eigenvalue weighted by Gasteiger charge is 2.23. The second kappa shape index (κ2) is 6.63. The summed E-state index contributed by atoms with van der Waals surface area (Å²) in [5.74, 6) is -0.01000. The molecule has 2 N–H and O–H groups in total. The number of hydrogen-bond acceptors (Lipinski definition) is 3. The molecule has 0 saturated carbocycles. The van der Waals surface area contributed by atoms with Gasteiger partial charge in [0.1, 0.15) is 5.82 Å². The lowest BCUT2D eigenvalue weighted by molar-refractivity contribution is -0.117. The standard InChI is InChI=1S/C14H19FN2O2/c15-12-2-1-3-13(8-12)16-14(19)10-17-6-4-11(9-17)5-7-18/h1-3,8,11,18H,4-7,9-10H2,(H,16,19). The highest BCUT2D eigenvalue weighted by atomic mass is 19.1. The molecule has 1 saturated heterocycles. The summed E-state index contributed by atoms with van der Waals surface area (Å²) < 4.78 is 13.0. The average Bonchev–Trinajstić information content (AvgIpc) is 2.77.